The average molecular weight is 523 g/mol. The Bertz CT molecular complexity index is 1350. The Hall–Kier alpha value is -3.33. The van der Waals surface area contributed by atoms with Crippen LogP contribution < -0.4 is 5.56 Å². The molecule has 0 aliphatic rings. The van der Waals surface area contributed by atoms with Gasteiger partial charge in [0.2, 0.25) is 0 Å². The van der Waals surface area contributed by atoms with Gasteiger partial charge in [-0.2, -0.15) is 0 Å². The molecule has 0 aliphatic heterocycles. The Morgan fingerprint density at radius 1 is 1.00 bits per heavy atom. The fourth-order valence-corrected chi connectivity index (χ4v) is 3.84. The van der Waals surface area contributed by atoms with Gasteiger partial charge in [0, 0.05) is 22.2 Å². The standard InChI is InChI=1S/C24H18IN3O3/c25-19-10-11-22-21(16-19)24(29)27(14-13-17-5-2-1-3-6-17)23(26-22)12-9-18-7-4-8-20(15-18)28(30)31/h1-12,15-16H,13-14H2. The largest absolute Gasteiger partial charge is 0.292 e. The van der Waals surface area contributed by atoms with Crippen molar-refractivity contribution < 1.29 is 4.92 Å². The number of hydrogen-bond acceptors (Lipinski definition) is 4. The summed E-state index contributed by atoms with van der Waals surface area (Å²) in [4.78, 5) is 28.6. The van der Waals surface area contributed by atoms with Gasteiger partial charge in [-0.1, -0.05) is 48.5 Å². The highest BCUT2D eigenvalue weighted by Gasteiger charge is 2.11. The molecule has 0 aliphatic carbocycles. The van der Waals surface area contributed by atoms with E-state index in [-0.39, 0.29) is 11.2 Å². The van der Waals surface area contributed by atoms with E-state index in [1.807, 2.05) is 48.5 Å². The van der Waals surface area contributed by atoms with Crippen LogP contribution in [-0.2, 0) is 13.0 Å². The van der Waals surface area contributed by atoms with E-state index >= 15 is 0 Å². The molecule has 4 rings (SSSR count). The van der Waals surface area contributed by atoms with E-state index in [0.717, 1.165) is 9.13 Å². The number of nitro groups is 1. The lowest BCUT2D eigenvalue weighted by Gasteiger charge is -2.12. The SMILES string of the molecule is O=c1c2cc(I)ccc2nc(C=Cc2cccc([N+](=O)[O-])c2)n1CCc1ccccc1. The summed E-state index contributed by atoms with van der Waals surface area (Å²) in [6, 6.07) is 21.9. The zero-order valence-corrected chi connectivity index (χ0v) is 18.6. The van der Waals surface area contributed by atoms with Gasteiger partial charge >= 0.3 is 0 Å². The van der Waals surface area contributed by atoms with Crippen LogP contribution in [0.25, 0.3) is 23.1 Å². The summed E-state index contributed by atoms with van der Waals surface area (Å²) in [6.07, 6.45) is 4.17. The van der Waals surface area contributed by atoms with Crippen molar-refractivity contribution in [3.63, 3.8) is 0 Å². The normalized spacial score (nSPS) is 11.3. The predicted molar refractivity (Wildman–Crippen MR) is 131 cm³/mol. The van der Waals surface area contributed by atoms with E-state index in [4.69, 9.17) is 4.98 Å². The Morgan fingerprint density at radius 3 is 2.58 bits per heavy atom. The first-order valence-electron chi connectivity index (χ1n) is 9.68. The molecular weight excluding hydrogens is 505 g/mol. The number of nitro benzene ring substituents is 1. The van der Waals surface area contributed by atoms with Crippen molar-refractivity contribution in [3.8, 4) is 0 Å². The van der Waals surface area contributed by atoms with E-state index in [1.54, 1.807) is 28.9 Å². The number of benzene rings is 3. The van der Waals surface area contributed by atoms with Gasteiger partial charge in [0.05, 0.1) is 15.8 Å². The number of halogens is 1. The highest BCUT2D eigenvalue weighted by atomic mass is 127. The van der Waals surface area contributed by atoms with Crippen LogP contribution >= 0.6 is 22.6 Å². The van der Waals surface area contributed by atoms with Gasteiger partial charge in [0.1, 0.15) is 5.82 Å². The van der Waals surface area contributed by atoms with Crippen LogP contribution in [0.1, 0.15) is 17.0 Å². The second-order valence-electron chi connectivity index (χ2n) is 7.01. The van der Waals surface area contributed by atoms with Crippen molar-refractivity contribution in [3.05, 3.63) is 114 Å². The lowest BCUT2D eigenvalue weighted by Crippen LogP contribution is -2.25. The number of hydrogen-bond donors (Lipinski definition) is 0. The highest BCUT2D eigenvalue weighted by Crippen LogP contribution is 2.17. The minimum atomic E-state index is -0.428. The molecule has 154 valence electrons. The average Bonchev–Trinajstić information content (AvgIpc) is 2.78. The fourth-order valence-electron chi connectivity index (χ4n) is 3.35. The molecule has 0 saturated carbocycles. The lowest BCUT2D eigenvalue weighted by molar-refractivity contribution is -0.384. The molecule has 31 heavy (non-hydrogen) atoms. The van der Waals surface area contributed by atoms with E-state index in [2.05, 4.69) is 22.6 Å². The number of aryl methyl sites for hydroxylation is 1. The van der Waals surface area contributed by atoms with E-state index < -0.39 is 4.92 Å². The van der Waals surface area contributed by atoms with Gasteiger partial charge in [-0.05, 0) is 64.4 Å². The van der Waals surface area contributed by atoms with Crippen molar-refractivity contribution >= 4 is 51.3 Å². The Kier molecular flexibility index (Phi) is 6.22. The van der Waals surface area contributed by atoms with Crippen LogP contribution in [0.3, 0.4) is 0 Å². The monoisotopic (exact) mass is 523 g/mol. The summed E-state index contributed by atoms with van der Waals surface area (Å²) in [5.74, 6) is 0.515. The molecule has 4 aromatic rings. The van der Waals surface area contributed by atoms with E-state index in [0.29, 0.717) is 35.3 Å². The molecule has 3 aromatic carbocycles. The molecule has 0 N–H and O–H groups in total. The highest BCUT2D eigenvalue weighted by molar-refractivity contribution is 14.1. The van der Waals surface area contributed by atoms with Crippen LogP contribution in [-0.4, -0.2) is 14.5 Å². The molecule has 0 atom stereocenters. The maximum absolute atomic E-state index is 13.3. The molecule has 0 amide bonds. The summed E-state index contributed by atoms with van der Waals surface area (Å²) in [6.45, 7) is 0.478. The van der Waals surface area contributed by atoms with Crippen LogP contribution in [0.15, 0.2) is 77.6 Å². The maximum Gasteiger partial charge on any atom is 0.270 e. The van der Waals surface area contributed by atoms with Gasteiger partial charge in [-0.15, -0.1) is 0 Å². The van der Waals surface area contributed by atoms with Crippen molar-refractivity contribution in [2.24, 2.45) is 0 Å². The summed E-state index contributed by atoms with van der Waals surface area (Å²) >= 11 is 2.18. The van der Waals surface area contributed by atoms with Gasteiger partial charge in [-0.25, -0.2) is 4.98 Å². The molecular formula is C24H18IN3O3. The fraction of sp³-hybridized carbons (Fsp3) is 0.0833. The molecule has 0 bridgehead atoms. The van der Waals surface area contributed by atoms with Crippen LogP contribution in [0.2, 0.25) is 0 Å². The minimum Gasteiger partial charge on any atom is -0.292 e. The number of rotatable bonds is 6. The Labute approximate surface area is 192 Å². The number of aromatic nitrogens is 2. The topological polar surface area (TPSA) is 78.0 Å². The van der Waals surface area contributed by atoms with Gasteiger partial charge in [0.15, 0.2) is 0 Å². The van der Waals surface area contributed by atoms with Crippen molar-refractivity contribution in [1.29, 1.82) is 0 Å². The quantitative estimate of drug-likeness (QED) is 0.195. The molecule has 0 saturated heterocycles. The summed E-state index contributed by atoms with van der Waals surface area (Å²) < 4.78 is 2.64. The molecule has 1 aromatic heterocycles. The van der Waals surface area contributed by atoms with Gasteiger partial charge in [-0.3, -0.25) is 19.5 Å². The molecule has 0 radical (unpaired) electrons. The third-order valence-electron chi connectivity index (χ3n) is 4.92. The summed E-state index contributed by atoms with van der Waals surface area (Å²) in [5.41, 5.74) is 2.34. The zero-order chi connectivity index (χ0) is 21.8. The van der Waals surface area contributed by atoms with Gasteiger partial charge in [0.25, 0.3) is 11.2 Å². The van der Waals surface area contributed by atoms with Crippen molar-refractivity contribution in [2.45, 2.75) is 13.0 Å². The molecule has 1 heterocycles. The van der Waals surface area contributed by atoms with Crippen molar-refractivity contribution in [2.75, 3.05) is 0 Å². The number of nitrogens with zero attached hydrogens (tertiary/aromatic N) is 3. The van der Waals surface area contributed by atoms with Crippen LogP contribution in [0.4, 0.5) is 5.69 Å². The van der Waals surface area contributed by atoms with Crippen molar-refractivity contribution in [1.82, 2.24) is 9.55 Å². The third-order valence-corrected chi connectivity index (χ3v) is 5.59. The van der Waals surface area contributed by atoms with Gasteiger partial charge < -0.3 is 0 Å². The third kappa shape index (κ3) is 4.88. The molecule has 0 unspecified atom stereocenters. The Balaban J connectivity index is 1.77. The Morgan fingerprint density at radius 2 is 1.81 bits per heavy atom. The second-order valence-corrected chi connectivity index (χ2v) is 8.25. The first-order chi connectivity index (χ1) is 15.0. The van der Waals surface area contributed by atoms with E-state index in [1.165, 1.54) is 12.1 Å². The molecule has 7 heteroatoms. The maximum atomic E-state index is 13.3. The zero-order valence-electron chi connectivity index (χ0n) is 16.4. The number of fused-ring (bicyclic) bond motifs is 1. The predicted octanol–water partition coefficient (Wildman–Crippen LogP) is 5.32. The van der Waals surface area contributed by atoms with Crippen LogP contribution in [0.5, 0.6) is 0 Å². The minimum absolute atomic E-state index is 0.0182. The lowest BCUT2D eigenvalue weighted by atomic mass is 10.1. The molecule has 6 nitrogen and oxygen atoms in total. The van der Waals surface area contributed by atoms with Crippen LogP contribution in [0, 0.1) is 13.7 Å². The molecule has 0 spiro atoms. The summed E-state index contributed by atoms with van der Waals surface area (Å²) in [5, 5.41) is 11.6. The second kappa shape index (κ2) is 9.22. The number of non-ortho nitro benzene ring substituents is 1. The molecule has 0 fully saturated rings. The first kappa shape index (κ1) is 20.9. The summed E-state index contributed by atoms with van der Waals surface area (Å²) in [7, 11) is 0. The smallest absolute Gasteiger partial charge is 0.270 e. The first-order valence-corrected chi connectivity index (χ1v) is 10.8. The van der Waals surface area contributed by atoms with E-state index in [9.17, 15) is 14.9 Å².